The van der Waals surface area contributed by atoms with Gasteiger partial charge in [-0.25, -0.2) is 12.8 Å². The number of halogens is 1. The molecule has 2 aromatic carbocycles. The first-order valence-electron chi connectivity index (χ1n) is 7.05. The predicted molar refractivity (Wildman–Crippen MR) is 87.0 cm³/mol. The van der Waals surface area contributed by atoms with Gasteiger partial charge in [-0.1, -0.05) is 6.92 Å². The number of benzene rings is 2. The second-order valence-corrected chi connectivity index (χ2v) is 6.77. The summed E-state index contributed by atoms with van der Waals surface area (Å²) in [5, 5.41) is 3.30. The number of hydrogen-bond acceptors (Lipinski definition) is 3. The predicted octanol–water partition coefficient (Wildman–Crippen LogP) is 3.84. The Labute approximate surface area is 130 Å². The highest BCUT2D eigenvalue weighted by molar-refractivity contribution is 7.92. The van der Waals surface area contributed by atoms with Crippen molar-refractivity contribution in [1.82, 2.24) is 0 Å². The van der Waals surface area contributed by atoms with Crippen molar-refractivity contribution in [2.24, 2.45) is 0 Å². The summed E-state index contributed by atoms with van der Waals surface area (Å²) in [6.07, 6.45) is 0.999. The molecule has 1 atom stereocenters. The molecule has 0 radical (unpaired) electrons. The molecular formula is C16H19FN2O2S. The molecule has 6 heteroatoms. The quantitative estimate of drug-likeness (QED) is 0.849. The van der Waals surface area contributed by atoms with Gasteiger partial charge in [0.15, 0.2) is 0 Å². The highest BCUT2D eigenvalue weighted by Crippen LogP contribution is 2.19. The zero-order chi connectivity index (χ0) is 16.2. The molecule has 0 aliphatic rings. The Morgan fingerprint density at radius 3 is 2.09 bits per heavy atom. The summed E-state index contributed by atoms with van der Waals surface area (Å²) >= 11 is 0. The van der Waals surface area contributed by atoms with Crippen LogP contribution in [0.2, 0.25) is 0 Å². The standard InChI is InChI=1S/C16H19FN2O2S/c1-3-12(2)18-14-6-8-15(9-7-14)19-22(20,21)16-10-4-13(17)5-11-16/h4-12,18-19H,3H2,1-2H3. The van der Waals surface area contributed by atoms with E-state index < -0.39 is 15.8 Å². The lowest BCUT2D eigenvalue weighted by atomic mass is 10.2. The summed E-state index contributed by atoms with van der Waals surface area (Å²) in [6.45, 7) is 4.16. The van der Waals surface area contributed by atoms with Crippen molar-refractivity contribution in [2.75, 3.05) is 10.0 Å². The molecule has 2 rings (SSSR count). The molecule has 0 bridgehead atoms. The van der Waals surface area contributed by atoms with Crippen LogP contribution >= 0.6 is 0 Å². The lowest BCUT2D eigenvalue weighted by Gasteiger charge is -2.14. The average Bonchev–Trinajstić information content (AvgIpc) is 2.49. The molecule has 4 nitrogen and oxygen atoms in total. The van der Waals surface area contributed by atoms with Crippen LogP contribution in [0.1, 0.15) is 20.3 Å². The van der Waals surface area contributed by atoms with Crippen LogP contribution in [0.15, 0.2) is 53.4 Å². The first kappa shape index (κ1) is 16.3. The van der Waals surface area contributed by atoms with Crippen LogP contribution < -0.4 is 10.0 Å². The van der Waals surface area contributed by atoms with Gasteiger partial charge in [0.25, 0.3) is 10.0 Å². The summed E-state index contributed by atoms with van der Waals surface area (Å²) < 4.78 is 39.7. The highest BCUT2D eigenvalue weighted by Gasteiger charge is 2.14. The Morgan fingerprint density at radius 2 is 1.55 bits per heavy atom. The summed E-state index contributed by atoms with van der Waals surface area (Å²) in [7, 11) is -3.71. The van der Waals surface area contributed by atoms with E-state index in [1.807, 2.05) is 12.1 Å². The minimum absolute atomic E-state index is 0.0238. The van der Waals surface area contributed by atoms with Crippen molar-refractivity contribution in [3.8, 4) is 0 Å². The van der Waals surface area contributed by atoms with Crippen LogP contribution in [0.5, 0.6) is 0 Å². The van der Waals surface area contributed by atoms with Crippen LogP contribution in [0.25, 0.3) is 0 Å². The fourth-order valence-corrected chi connectivity index (χ4v) is 2.91. The molecule has 0 aliphatic heterocycles. The van der Waals surface area contributed by atoms with E-state index in [9.17, 15) is 12.8 Å². The molecule has 0 fully saturated rings. The van der Waals surface area contributed by atoms with Gasteiger partial charge in [-0.15, -0.1) is 0 Å². The van der Waals surface area contributed by atoms with Gasteiger partial charge in [0.05, 0.1) is 4.90 Å². The maximum absolute atomic E-state index is 12.9. The molecule has 0 saturated heterocycles. The Bertz CT molecular complexity index is 713. The fourth-order valence-electron chi connectivity index (χ4n) is 1.85. The molecule has 22 heavy (non-hydrogen) atoms. The molecule has 118 valence electrons. The maximum atomic E-state index is 12.9. The second-order valence-electron chi connectivity index (χ2n) is 5.09. The number of rotatable bonds is 6. The van der Waals surface area contributed by atoms with E-state index in [2.05, 4.69) is 23.9 Å². The molecule has 1 unspecified atom stereocenters. The lowest BCUT2D eigenvalue weighted by Crippen LogP contribution is -2.14. The third-order valence-electron chi connectivity index (χ3n) is 3.29. The van der Waals surface area contributed by atoms with Gasteiger partial charge in [-0.3, -0.25) is 4.72 Å². The molecule has 0 aliphatic carbocycles. The first-order valence-corrected chi connectivity index (χ1v) is 8.54. The van der Waals surface area contributed by atoms with Crippen LogP contribution in [0, 0.1) is 5.82 Å². The minimum atomic E-state index is -3.71. The van der Waals surface area contributed by atoms with Crippen molar-refractivity contribution in [3.63, 3.8) is 0 Å². The average molecular weight is 322 g/mol. The van der Waals surface area contributed by atoms with Gasteiger partial charge in [-0.2, -0.15) is 0 Å². The minimum Gasteiger partial charge on any atom is -0.383 e. The van der Waals surface area contributed by atoms with E-state index >= 15 is 0 Å². The maximum Gasteiger partial charge on any atom is 0.261 e. The van der Waals surface area contributed by atoms with E-state index in [1.54, 1.807) is 12.1 Å². The van der Waals surface area contributed by atoms with Gasteiger partial charge in [0.1, 0.15) is 5.82 Å². The smallest absolute Gasteiger partial charge is 0.261 e. The van der Waals surface area contributed by atoms with Gasteiger partial charge >= 0.3 is 0 Å². The van der Waals surface area contributed by atoms with E-state index in [0.29, 0.717) is 11.7 Å². The molecule has 0 amide bonds. The third kappa shape index (κ3) is 4.21. The molecule has 0 heterocycles. The van der Waals surface area contributed by atoms with Crippen molar-refractivity contribution in [3.05, 3.63) is 54.3 Å². The van der Waals surface area contributed by atoms with Crippen molar-refractivity contribution in [1.29, 1.82) is 0 Å². The first-order chi connectivity index (χ1) is 10.4. The summed E-state index contributed by atoms with van der Waals surface area (Å²) in [6, 6.07) is 12.1. The van der Waals surface area contributed by atoms with Crippen LogP contribution in [-0.4, -0.2) is 14.5 Å². The van der Waals surface area contributed by atoms with E-state index in [4.69, 9.17) is 0 Å². The van der Waals surface area contributed by atoms with Gasteiger partial charge in [0.2, 0.25) is 0 Å². The molecular weight excluding hydrogens is 303 g/mol. The zero-order valence-electron chi connectivity index (χ0n) is 12.5. The summed E-state index contributed by atoms with van der Waals surface area (Å²) in [4.78, 5) is 0.0238. The number of sulfonamides is 1. The number of nitrogens with one attached hydrogen (secondary N) is 2. The normalized spacial score (nSPS) is 12.7. The Hall–Kier alpha value is -2.08. The molecule has 2 N–H and O–H groups in total. The number of hydrogen-bond donors (Lipinski definition) is 2. The second kappa shape index (κ2) is 6.79. The number of anilines is 2. The van der Waals surface area contributed by atoms with Gasteiger partial charge in [0, 0.05) is 17.4 Å². The molecule has 2 aromatic rings. The molecule has 0 spiro atoms. The van der Waals surface area contributed by atoms with E-state index in [0.717, 1.165) is 24.2 Å². The van der Waals surface area contributed by atoms with Crippen molar-refractivity contribution in [2.45, 2.75) is 31.2 Å². The van der Waals surface area contributed by atoms with E-state index in [1.165, 1.54) is 12.1 Å². The van der Waals surface area contributed by atoms with Crippen molar-refractivity contribution >= 4 is 21.4 Å². The van der Waals surface area contributed by atoms with Crippen LogP contribution in [0.4, 0.5) is 15.8 Å². The Kier molecular flexibility index (Phi) is 5.03. The highest BCUT2D eigenvalue weighted by atomic mass is 32.2. The molecule has 0 saturated carbocycles. The Balaban J connectivity index is 2.11. The van der Waals surface area contributed by atoms with Crippen LogP contribution in [-0.2, 0) is 10.0 Å². The fraction of sp³-hybridized carbons (Fsp3) is 0.250. The summed E-state index contributed by atoms with van der Waals surface area (Å²) in [5.41, 5.74) is 1.39. The van der Waals surface area contributed by atoms with Crippen LogP contribution in [0.3, 0.4) is 0 Å². The SMILES string of the molecule is CCC(C)Nc1ccc(NS(=O)(=O)c2ccc(F)cc2)cc1. The summed E-state index contributed by atoms with van der Waals surface area (Å²) in [5.74, 6) is -0.473. The molecule has 0 aromatic heterocycles. The zero-order valence-corrected chi connectivity index (χ0v) is 13.3. The third-order valence-corrected chi connectivity index (χ3v) is 4.68. The van der Waals surface area contributed by atoms with Gasteiger partial charge in [-0.05, 0) is 61.9 Å². The largest absolute Gasteiger partial charge is 0.383 e. The van der Waals surface area contributed by atoms with E-state index in [-0.39, 0.29) is 4.90 Å². The van der Waals surface area contributed by atoms with Gasteiger partial charge < -0.3 is 5.32 Å². The monoisotopic (exact) mass is 322 g/mol. The topological polar surface area (TPSA) is 58.2 Å². The Morgan fingerprint density at radius 1 is 1.00 bits per heavy atom. The van der Waals surface area contributed by atoms with Crippen molar-refractivity contribution < 1.29 is 12.8 Å². The lowest BCUT2D eigenvalue weighted by molar-refractivity contribution is 0.599.